The molecule has 1 aliphatic carbocycles. The van der Waals surface area contributed by atoms with Gasteiger partial charge in [0.2, 0.25) is 0 Å². The second-order valence-electron chi connectivity index (χ2n) is 4.08. The summed E-state index contributed by atoms with van der Waals surface area (Å²) in [6.07, 6.45) is 2.76. The molecule has 1 aliphatic heterocycles. The minimum absolute atomic E-state index is 0.145. The molecule has 2 atom stereocenters. The van der Waals surface area contributed by atoms with E-state index < -0.39 is 9.84 Å². The molecule has 0 aromatic rings. The molecule has 2 rings (SSSR count). The van der Waals surface area contributed by atoms with Crippen LogP contribution in [0.4, 0.5) is 0 Å². The first-order valence-corrected chi connectivity index (χ1v) is 6.27. The Morgan fingerprint density at radius 2 is 1.92 bits per heavy atom. The van der Waals surface area contributed by atoms with E-state index in [1.807, 2.05) is 0 Å². The number of hydrogen-bond acceptors (Lipinski definition) is 3. The van der Waals surface area contributed by atoms with Crippen LogP contribution in [0.2, 0.25) is 0 Å². The Morgan fingerprint density at radius 1 is 1.25 bits per heavy atom. The minimum atomic E-state index is -2.66. The van der Waals surface area contributed by atoms with Gasteiger partial charge in [0.1, 0.15) is 0 Å². The molecule has 1 heterocycles. The summed E-state index contributed by atoms with van der Waals surface area (Å²) >= 11 is 0. The highest BCUT2D eigenvalue weighted by Crippen LogP contribution is 2.36. The van der Waals surface area contributed by atoms with Crippen LogP contribution in [0.15, 0.2) is 0 Å². The largest absolute Gasteiger partial charge is 0.393 e. The van der Waals surface area contributed by atoms with Crippen LogP contribution in [-0.2, 0) is 9.84 Å². The van der Waals surface area contributed by atoms with Crippen molar-refractivity contribution >= 4 is 9.84 Å². The van der Waals surface area contributed by atoms with Gasteiger partial charge in [0, 0.05) is 0 Å². The van der Waals surface area contributed by atoms with Gasteiger partial charge in [0.15, 0.2) is 9.84 Å². The van der Waals surface area contributed by atoms with Crippen molar-refractivity contribution in [1.29, 1.82) is 0 Å². The molecule has 2 unspecified atom stereocenters. The van der Waals surface area contributed by atoms with E-state index in [4.69, 9.17) is 0 Å². The lowest BCUT2D eigenvalue weighted by Gasteiger charge is -2.37. The van der Waals surface area contributed by atoms with E-state index in [0.29, 0.717) is 23.3 Å². The van der Waals surface area contributed by atoms with Gasteiger partial charge in [-0.2, -0.15) is 0 Å². The summed E-state index contributed by atoms with van der Waals surface area (Å²) in [5.74, 6) is 1.45. The van der Waals surface area contributed by atoms with E-state index in [9.17, 15) is 13.5 Å². The van der Waals surface area contributed by atoms with Gasteiger partial charge in [-0.25, -0.2) is 8.42 Å². The highest BCUT2D eigenvalue weighted by molar-refractivity contribution is 7.92. The number of rotatable bonds is 2. The van der Waals surface area contributed by atoms with E-state index in [2.05, 4.69) is 0 Å². The third-order valence-electron chi connectivity index (χ3n) is 2.99. The van der Waals surface area contributed by atoms with Crippen LogP contribution in [0.5, 0.6) is 0 Å². The van der Waals surface area contributed by atoms with Crippen molar-refractivity contribution in [3.05, 3.63) is 0 Å². The molecule has 0 spiro atoms. The zero-order valence-electron chi connectivity index (χ0n) is 6.94. The topological polar surface area (TPSA) is 54.4 Å². The Balaban J connectivity index is 1.76. The molecule has 0 aromatic carbocycles. The summed E-state index contributed by atoms with van der Waals surface area (Å²) in [4.78, 5) is 0. The van der Waals surface area contributed by atoms with Crippen molar-refractivity contribution in [3.63, 3.8) is 0 Å². The molecule has 1 saturated heterocycles. The second-order valence-corrected chi connectivity index (χ2v) is 6.24. The fraction of sp³-hybridized carbons (Fsp3) is 1.00. The van der Waals surface area contributed by atoms with E-state index >= 15 is 0 Å². The van der Waals surface area contributed by atoms with E-state index in [1.54, 1.807) is 0 Å². The van der Waals surface area contributed by atoms with Crippen LogP contribution in [0.3, 0.4) is 0 Å². The van der Waals surface area contributed by atoms with Crippen LogP contribution >= 0.6 is 0 Å². The molecule has 1 N–H and O–H groups in total. The summed E-state index contributed by atoms with van der Waals surface area (Å²) in [6, 6.07) is 0. The van der Waals surface area contributed by atoms with Crippen molar-refractivity contribution < 1.29 is 13.5 Å². The maximum atomic E-state index is 10.8. The summed E-state index contributed by atoms with van der Waals surface area (Å²) in [5, 5.41) is 9.26. The van der Waals surface area contributed by atoms with Crippen molar-refractivity contribution in [2.24, 2.45) is 11.8 Å². The second kappa shape index (κ2) is 2.70. The number of hydrogen-bond donors (Lipinski definition) is 1. The van der Waals surface area contributed by atoms with E-state index in [1.165, 1.54) is 0 Å². The zero-order valence-corrected chi connectivity index (χ0v) is 7.76. The fourth-order valence-electron chi connectivity index (χ4n) is 2.06. The van der Waals surface area contributed by atoms with Gasteiger partial charge in [0.05, 0.1) is 17.6 Å². The Morgan fingerprint density at radius 3 is 2.25 bits per heavy atom. The quantitative estimate of drug-likeness (QED) is 0.676. The molecule has 2 fully saturated rings. The van der Waals surface area contributed by atoms with Gasteiger partial charge >= 0.3 is 0 Å². The molecular formula is C8H14O3S. The third kappa shape index (κ3) is 1.50. The maximum Gasteiger partial charge on any atom is 0.150 e. The van der Waals surface area contributed by atoms with Gasteiger partial charge in [-0.05, 0) is 31.1 Å². The molecule has 2 aliphatic rings. The number of sulfone groups is 1. The first-order valence-electron chi connectivity index (χ1n) is 4.45. The third-order valence-corrected chi connectivity index (χ3v) is 4.95. The van der Waals surface area contributed by atoms with Gasteiger partial charge < -0.3 is 5.11 Å². The standard InChI is InChI=1S/C8H14O3S/c9-8-2-1-7(8)3-6-4-12(10,11)5-6/h6-9H,1-5H2. The summed E-state index contributed by atoms with van der Waals surface area (Å²) in [5.41, 5.74) is 0. The summed E-state index contributed by atoms with van der Waals surface area (Å²) in [6.45, 7) is 0. The first kappa shape index (κ1) is 8.51. The Hall–Kier alpha value is -0.0900. The molecular weight excluding hydrogens is 176 g/mol. The van der Waals surface area contributed by atoms with Gasteiger partial charge in [-0.15, -0.1) is 0 Å². The van der Waals surface area contributed by atoms with Crippen LogP contribution in [0, 0.1) is 11.8 Å². The lowest BCUT2D eigenvalue weighted by Crippen LogP contribution is -2.41. The average Bonchev–Trinajstić information content (AvgIpc) is 1.93. The molecule has 0 radical (unpaired) electrons. The highest BCUT2D eigenvalue weighted by atomic mass is 32.2. The highest BCUT2D eigenvalue weighted by Gasteiger charge is 2.38. The average molecular weight is 190 g/mol. The van der Waals surface area contributed by atoms with E-state index in [0.717, 1.165) is 19.3 Å². The van der Waals surface area contributed by atoms with Crippen LogP contribution in [-0.4, -0.2) is 31.1 Å². The molecule has 70 valence electrons. The molecule has 0 bridgehead atoms. The molecule has 3 nitrogen and oxygen atoms in total. The van der Waals surface area contributed by atoms with Crippen molar-refractivity contribution in [3.8, 4) is 0 Å². The predicted octanol–water partition coefficient (Wildman–Crippen LogP) is 0.192. The lowest BCUT2D eigenvalue weighted by molar-refractivity contribution is 0.0125. The minimum Gasteiger partial charge on any atom is -0.393 e. The lowest BCUT2D eigenvalue weighted by atomic mass is 9.77. The van der Waals surface area contributed by atoms with Crippen LogP contribution in [0.1, 0.15) is 19.3 Å². The number of aliphatic hydroxyl groups excluding tert-OH is 1. The van der Waals surface area contributed by atoms with Crippen molar-refractivity contribution in [1.82, 2.24) is 0 Å². The SMILES string of the molecule is O=S1(=O)CC(CC2CCC2O)C1. The van der Waals surface area contributed by atoms with Gasteiger partial charge in [-0.3, -0.25) is 0 Å². The molecule has 12 heavy (non-hydrogen) atoms. The van der Waals surface area contributed by atoms with Crippen LogP contribution < -0.4 is 0 Å². The molecule has 4 heteroatoms. The normalized spacial score (nSPS) is 40.1. The molecule has 0 aromatic heterocycles. The Bertz CT molecular complexity index is 258. The Labute approximate surface area is 72.7 Å². The zero-order chi connectivity index (χ0) is 8.77. The maximum absolute atomic E-state index is 10.8. The smallest absolute Gasteiger partial charge is 0.150 e. The fourth-order valence-corrected chi connectivity index (χ4v) is 3.67. The first-order chi connectivity index (χ1) is 5.57. The summed E-state index contributed by atoms with van der Waals surface area (Å²) < 4.78 is 21.6. The molecule has 1 saturated carbocycles. The number of aliphatic hydroxyl groups is 1. The predicted molar refractivity (Wildman–Crippen MR) is 45.5 cm³/mol. The van der Waals surface area contributed by atoms with Crippen LogP contribution in [0.25, 0.3) is 0 Å². The van der Waals surface area contributed by atoms with E-state index in [-0.39, 0.29) is 6.10 Å². The van der Waals surface area contributed by atoms with Crippen molar-refractivity contribution in [2.75, 3.05) is 11.5 Å². The monoisotopic (exact) mass is 190 g/mol. The summed E-state index contributed by atoms with van der Waals surface area (Å²) in [7, 11) is -2.66. The Kier molecular flexibility index (Phi) is 1.92. The van der Waals surface area contributed by atoms with Crippen molar-refractivity contribution in [2.45, 2.75) is 25.4 Å². The molecule has 0 amide bonds. The van der Waals surface area contributed by atoms with Gasteiger partial charge in [0.25, 0.3) is 0 Å². The van der Waals surface area contributed by atoms with Gasteiger partial charge in [-0.1, -0.05) is 0 Å².